The lowest BCUT2D eigenvalue weighted by Crippen LogP contribution is -2.49. The van der Waals surface area contributed by atoms with Gasteiger partial charge in [-0.3, -0.25) is 4.79 Å². The van der Waals surface area contributed by atoms with Gasteiger partial charge in [0.15, 0.2) is 6.10 Å². The summed E-state index contributed by atoms with van der Waals surface area (Å²) in [6.45, 7) is 2.70. The van der Waals surface area contributed by atoms with Crippen molar-refractivity contribution in [3.8, 4) is 11.5 Å². The van der Waals surface area contributed by atoms with Crippen LogP contribution in [-0.4, -0.2) is 51.6 Å². The van der Waals surface area contributed by atoms with E-state index >= 15 is 0 Å². The van der Waals surface area contributed by atoms with Crippen molar-refractivity contribution in [3.63, 3.8) is 0 Å². The molecule has 1 aliphatic heterocycles. The molecule has 0 radical (unpaired) electrons. The molecule has 1 N–H and O–H groups in total. The molecule has 1 amide bonds. The minimum absolute atomic E-state index is 0.0923. The average molecular weight is 419 g/mol. The summed E-state index contributed by atoms with van der Waals surface area (Å²) in [6, 6.07) is 15.3. The van der Waals surface area contributed by atoms with Gasteiger partial charge in [-0.2, -0.15) is 0 Å². The largest absolute Gasteiger partial charge is 0.497 e. The minimum atomic E-state index is -3.61. The first-order chi connectivity index (χ1) is 13.9. The number of methoxy groups -OCH3 is 1. The molecule has 1 fully saturated rings. The lowest BCUT2D eigenvalue weighted by Gasteiger charge is -2.33. The first-order valence-electron chi connectivity index (χ1n) is 9.56. The molecule has 0 spiro atoms. The molecule has 0 aliphatic carbocycles. The lowest BCUT2D eigenvalue weighted by atomic mass is 10.1. The molecule has 7 nitrogen and oxygen atoms in total. The van der Waals surface area contributed by atoms with Gasteiger partial charge < -0.3 is 14.4 Å². The van der Waals surface area contributed by atoms with E-state index in [-0.39, 0.29) is 16.8 Å². The van der Waals surface area contributed by atoms with E-state index < -0.39 is 16.1 Å². The summed E-state index contributed by atoms with van der Waals surface area (Å²) in [5.74, 6) is 1.16. The van der Waals surface area contributed by atoms with Crippen LogP contribution in [0.1, 0.15) is 19.8 Å². The SMILES string of the molecule is COc1ccc(S(=O)(=O)NC2CCN(C(=O)[C@H](C)Oc3ccccc3)CC2)cc1. The van der Waals surface area contributed by atoms with Gasteiger partial charge in [0.2, 0.25) is 10.0 Å². The normalized spacial score (nSPS) is 16.3. The number of carbonyl (C=O) groups is 1. The van der Waals surface area contributed by atoms with E-state index in [9.17, 15) is 13.2 Å². The summed E-state index contributed by atoms with van der Waals surface area (Å²) in [4.78, 5) is 14.6. The monoisotopic (exact) mass is 418 g/mol. The van der Waals surface area contributed by atoms with Crippen molar-refractivity contribution >= 4 is 15.9 Å². The van der Waals surface area contributed by atoms with E-state index in [0.29, 0.717) is 37.4 Å². The Morgan fingerprint density at radius 2 is 1.66 bits per heavy atom. The van der Waals surface area contributed by atoms with Crippen molar-refractivity contribution < 1.29 is 22.7 Å². The standard InChI is InChI=1S/C21H26N2O5S/c1-16(28-19-6-4-3-5-7-19)21(24)23-14-12-17(13-15-23)22-29(25,26)20-10-8-18(27-2)9-11-20/h3-11,16-17,22H,12-15H2,1-2H3/t16-/m0/s1. The van der Waals surface area contributed by atoms with Crippen LogP contribution in [0.15, 0.2) is 59.5 Å². The van der Waals surface area contributed by atoms with Crippen LogP contribution in [0, 0.1) is 0 Å². The van der Waals surface area contributed by atoms with Gasteiger partial charge in [0, 0.05) is 19.1 Å². The van der Waals surface area contributed by atoms with Crippen molar-refractivity contribution in [2.24, 2.45) is 0 Å². The van der Waals surface area contributed by atoms with Gasteiger partial charge in [0.1, 0.15) is 11.5 Å². The summed E-state index contributed by atoms with van der Waals surface area (Å²) in [5.41, 5.74) is 0. The van der Waals surface area contributed by atoms with Crippen LogP contribution in [-0.2, 0) is 14.8 Å². The van der Waals surface area contributed by atoms with Gasteiger partial charge >= 0.3 is 0 Å². The number of amides is 1. The molecule has 156 valence electrons. The van der Waals surface area contributed by atoms with E-state index in [4.69, 9.17) is 9.47 Å². The summed E-state index contributed by atoms with van der Waals surface area (Å²) >= 11 is 0. The van der Waals surface area contributed by atoms with Crippen LogP contribution < -0.4 is 14.2 Å². The quantitative estimate of drug-likeness (QED) is 0.747. The number of nitrogens with zero attached hydrogens (tertiary/aromatic N) is 1. The third-order valence-corrected chi connectivity index (χ3v) is 6.44. The highest BCUT2D eigenvalue weighted by molar-refractivity contribution is 7.89. The topological polar surface area (TPSA) is 84.9 Å². The second kappa shape index (κ2) is 9.28. The first-order valence-corrected chi connectivity index (χ1v) is 11.0. The zero-order valence-corrected chi connectivity index (χ0v) is 17.4. The van der Waals surface area contributed by atoms with Gasteiger partial charge in [0.05, 0.1) is 12.0 Å². The van der Waals surface area contributed by atoms with Crippen LogP contribution in [0.3, 0.4) is 0 Å². The molecule has 1 atom stereocenters. The molecule has 1 aliphatic rings. The van der Waals surface area contributed by atoms with Gasteiger partial charge in [-0.15, -0.1) is 0 Å². The fourth-order valence-corrected chi connectivity index (χ4v) is 4.58. The van der Waals surface area contributed by atoms with Crippen molar-refractivity contribution in [1.82, 2.24) is 9.62 Å². The van der Waals surface area contributed by atoms with Gasteiger partial charge in [-0.05, 0) is 56.2 Å². The Kier molecular flexibility index (Phi) is 6.76. The van der Waals surface area contributed by atoms with Crippen LogP contribution in [0.2, 0.25) is 0 Å². The molecular formula is C21H26N2O5S. The number of likely N-dealkylation sites (tertiary alicyclic amines) is 1. The lowest BCUT2D eigenvalue weighted by molar-refractivity contribution is -0.139. The average Bonchev–Trinajstić information content (AvgIpc) is 2.74. The number of benzene rings is 2. The Morgan fingerprint density at radius 1 is 1.03 bits per heavy atom. The van der Waals surface area contributed by atoms with Crippen LogP contribution in [0.25, 0.3) is 0 Å². The zero-order chi connectivity index (χ0) is 20.9. The Hall–Kier alpha value is -2.58. The maximum Gasteiger partial charge on any atom is 0.263 e. The second-order valence-electron chi connectivity index (χ2n) is 6.97. The van der Waals surface area contributed by atoms with Crippen molar-refractivity contribution in [2.75, 3.05) is 20.2 Å². The molecule has 0 unspecified atom stereocenters. The number of para-hydroxylation sites is 1. The van der Waals surface area contributed by atoms with Crippen molar-refractivity contribution in [1.29, 1.82) is 0 Å². The number of carbonyl (C=O) groups excluding carboxylic acids is 1. The maximum absolute atomic E-state index is 12.6. The molecule has 0 aromatic heterocycles. The molecule has 0 saturated carbocycles. The zero-order valence-electron chi connectivity index (χ0n) is 16.6. The minimum Gasteiger partial charge on any atom is -0.497 e. The van der Waals surface area contributed by atoms with Gasteiger partial charge in [0.25, 0.3) is 5.91 Å². The summed E-state index contributed by atoms with van der Waals surface area (Å²) < 4.78 is 38.6. The molecule has 1 saturated heterocycles. The Morgan fingerprint density at radius 3 is 2.24 bits per heavy atom. The number of piperidine rings is 1. The smallest absolute Gasteiger partial charge is 0.263 e. The van der Waals surface area contributed by atoms with Crippen LogP contribution >= 0.6 is 0 Å². The number of hydrogen-bond acceptors (Lipinski definition) is 5. The highest BCUT2D eigenvalue weighted by atomic mass is 32.2. The molecule has 2 aromatic carbocycles. The fourth-order valence-electron chi connectivity index (χ4n) is 3.27. The second-order valence-corrected chi connectivity index (χ2v) is 8.68. The molecule has 1 heterocycles. The van der Waals surface area contributed by atoms with E-state index in [2.05, 4.69) is 4.72 Å². The number of nitrogens with one attached hydrogen (secondary N) is 1. The van der Waals surface area contributed by atoms with E-state index in [1.54, 1.807) is 24.0 Å². The summed E-state index contributed by atoms with van der Waals surface area (Å²) in [6.07, 6.45) is 0.517. The van der Waals surface area contributed by atoms with Gasteiger partial charge in [-0.25, -0.2) is 13.1 Å². The van der Waals surface area contributed by atoms with Crippen LogP contribution in [0.5, 0.6) is 11.5 Å². The van der Waals surface area contributed by atoms with E-state index in [1.165, 1.54) is 19.2 Å². The van der Waals surface area contributed by atoms with Crippen molar-refractivity contribution in [2.45, 2.75) is 36.8 Å². The Labute approximate surface area is 171 Å². The predicted octanol–water partition coefficient (Wildman–Crippen LogP) is 2.43. The Bertz CT molecular complexity index is 908. The summed E-state index contributed by atoms with van der Waals surface area (Å²) in [7, 11) is -2.08. The molecule has 2 aromatic rings. The highest BCUT2D eigenvalue weighted by Crippen LogP contribution is 2.19. The third-order valence-electron chi connectivity index (χ3n) is 4.90. The molecule has 0 bridgehead atoms. The van der Waals surface area contributed by atoms with Crippen molar-refractivity contribution in [3.05, 3.63) is 54.6 Å². The van der Waals surface area contributed by atoms with E-state index in [1.807, 2.05) is 30.3 Å². The molecule has 3 rings (SSSR count). The number of hydrogen-bond donors (Lipinski definition) is 1. The predicted molar refractivity (Wildman–Crippen MR) is 109 cm³/mol. The third kappa shape index (κ3) is 5.48. The van der Waals surface area contributed by atoms with E-state index in [0.717, 1.165) is 0 Å². The molecular weight excluding hydrogens is 392 g/mol. The fraction of sp³-hybridized carbons (Fsp3) is 0.381. The summed E-state index contributed by atoms with van der Waals surface area (Å²) in [5, 5.41) is 0. The molecule has 29 heavy (non-hydrogen) atoms. The first kappa shape index (κ1) is 21.1. The van der Waals surface area contributed by atoms with Crippen LogP contribution in [0.4, 0.5) is 0 Å². The van der Waals surface area contributed by atoms with Gasteiger partial charge in [-0.1, -0.05) is 18.2 Å². The highest BCUT2D eigenvalue weighted by Gasteiger charge is 2.29. The maximum atomic E-state index is 12.6. The number of rotatable bonds is 7. The number of ether oxygens (including phenoxy) is 2. The Balaban J connectivity index is 1.52. The molecule has 8 heteroatoms. The number of sulfonamides is 1.